The van der Waals surface area contributed by atoms with Crippen LogP contribution in [0.2, 0.25) is 10.0 Å². The molecule has 0 spiro atoms. The molecule has 0 fully saturated rings. The van der Waals surface area contributed by atoms with Gasteiger partial charge in [0.15, 0.2) is 5.75 Å². The second-order valence-electron chi connectivity index (χ2n) is 5.44. The van der Waals surface area contributed by atoms with Gasteiger partial charge in [-0.25, -0.2) is 0 Å². The molecule has 0 aliphatic carbocycles. The van der Waals surface area contributed by atoms with Gasteiger partial charge in [0.1, 0.15) is 0 Å². The fourth-order valence-corrected chi connectivity index (χ4v) is 3.15. The monoisotopic (exact) mass is 363 g/mol. The van der Waals surface area contributed by atoms with E-state index in [0.717, 1.165) is 5.56 Å². The number of hydrogen-bond donors (Lipinski definition) is 0. The van der Waals surface area contributed by atoms with Gasteiger partial charge in [-0.15, -0.1) is 0 Å². The molecule has 1 heterocycles. The van der Waals surface area contributed by atoms with Gasteiger partial charge in [-0.1, -0.05) is 47.5 Å². The van der Waals surface area contributed by atoms with Gasteiger partial charge < -0.3 is 4.74 Å². The van der Waals surface area contributed by atoms with Crippen LogP contribution >= 0.6 is 23.2 Å². The molecule has 1 aliphatic rings. The number of ether oxygens (including phenoxy) is 1. The number of halogens is 2. The van der Waals surface area contributed by atoms with E-state index >= 15 is 0 Å². The Morgan fingerprint density at radius 1 is 1.00 bits per heavy atom. The largest absolute Gasteiger partial charge is 0.490 e. The van der Waals surface area contributed by atoms with Crippen LogP contribution in [0.15, 0.2) is 42.5 Å². The van der Waals surface area contributed by atoms with Crippen LogP contribution in [-0.4, -0.2) is 29.9 Å². The van der Waals surface area contributed by atoms with E-state index in [0.29, 0.717) is 40.9 Å². The van der Waals surface area contributed by atoms with Crippen molar-refractivity contribution < 1.29 is 14.3 Å². The molecular weight excluding hydrogens is 349 g/mol. The summed E-state index contributed by atoms with van der Waals surface area (Å²) in [5, 5.41) is 0.864. The number of carbonyl (C=O) groups is 2. The average molecular weight is 364 g/mol. The van der Waals surface area contributed by atoms with Gasteiger partial charge in [0, 0.05) is 12.1 Å². The predicted molar refractivity (Wildman–Crippen MR) is 92.8 cm³/mol. The van der Waals surface area contributed by atoms with Crippen LogP contribution in [0.3, 0.4) is 0 Å². The second-order valence-corrected chi connectivity index (χ2v) is 6.25. The minimum Gasteiger partial charge on any atom is -0.490 e. The Morgan fingerprint density at radius 3 is 2.46 bits per heavy atom. The highest BCUT2D eigenvalue weighted by atomic mass is 35.5. The van der Waals surface area contributed by atoms with Crippen LogP contribution in [0.1, 0.15) is 22.3 Å². The molecule has 0 N–H and O–H groups in total. The van der Waals surface area contributed by atoms with Crippen LogP contribution in [0.4, 0.5) is 0 Å². The van der Waals surface area contributed by atoms with Gasteiger partial charge in [0.05, 0.1) is 23.1 Å². The lowest BCUT2D eigenvalue weighted by Crippen LogP contribution is -2.43. The van der Waals surface area contributed by atoms with E-state index in [1.54, 1.807) is 30.3 Å². The summed E-state index contributed by atoms with van der Waals surface area (Å²) in [5.41, 5.74) is 1.37. The fourth-order valence-electron chi connectivity index (χ4n) is 2.64. The van der Waals surface area contributed by atoms with Crippen molar-refractivity contribution in [2.75, 3.05) is 13.2 Å². The average Bonchev–Trinajstić information content (AvgIpc) is 2.56. The topological polar surface area (TPSA) is 46.6 Å². The number of imide groups is 1. The molecule has 0 aromatic heterocycles. The van der Waals surface area contributed by atoms with Crippen molar-refractivity contribution in [2.24, 2.45) is 0 Å². The number of nitrogens with zero attached hydrogens (tertiary/aromatic N) is 1. The highest BCUT2D eigenvalue weighted by Crippen LogP contribution is 2.32. The molecule has 0 unspecified atom stereocenters. The van der Waals surface area contributed by atoms with Crippen molar-refractivity contribution in [2.45, 2.75) is 12.8 Å². The van der Waals surface area contributed by atoms with Crippen LogP contribution < -0.4 is 4.74 Å². The first-order valence-corrected chi connectivity index (χ1v) is 8.33. The molecule has 1 aliphatic heterocycles. The maximum Gasteiger partial charge on any atom is 0.260 e. The van der Waals surface area contributed by atoms with Gasteiger partial charge >= 0.3 is 0 Å². The highest BCUT2D eigenvalue weighted by molar-refractivity contribution is 6.37. The van der Waals surface area contributed by atoms with Crippen LogP contribution in [0.25, 0.3) is 0 Å². The Hall–Kier alpha value is -2.04. The third-order valence-corrected chi connectivity index (χ3v) is 4.42. The van der Waals surface area contributed by atoms with E-state index < -0.39 is 0 Å². The molecule has 0 saturated heterocycles. The molecule has 0 bridgehead atoms. The molecule has 2 aromatic rings. The highest BCUT2D eigenvalue weighted by Gasteiger charge is 2.29. The molecule has 6 heteroatoms. The fraction of sp³-hybridized carbons (Fsp3) is 0.222. The van der Waals surface area contributed by atoms with E-state index in [-0.39, 0.29) is 18.2 Å². The van der Waals surface area contributed by atoms with E-state index in [1.165, 1.54) is 4.90 Å². The number of hydrogen-bond acceptors (Lipinski definition) is 3. The lowest BCUT2D eigenvalue weighted by atomic mass is 9.98. The molecule has 0 saturated carbocycles. The van der Waals surface area contributed by atoms with E-state index in [2.05, 4.69) is 0 Å². The molecule has 24 heavy (non-hydrogen) atoms. The summed E-state index contributed by atoms with van der Waals surface area (Å²) in [6.07, 6.45) is 0.750. The second kappa shape index (κ2) is 7.24. The van der Waals surface area contributed by atoms with E-state index in [1.807, 2.05) is 12.1 Å². The normalized spacial score (nSPS) is 13.8. The van der Waals surface area contributed by atoms with E-state index in [9.17, 15) is 9.59 Å². The quantitative estimate of drug-likeness (QED) is 0.595. The van der Waals surface area contributed by atoms with Crippen LogP contribution in [0, 0.1) is 0 Å². The summed E-state index contributed by atoms with van der Waals surface area (Å²) in [5.74, 6) is -0.0189. The predicted octanol–water partition coefficient (Wildman–Crippen LogP) is 3.99. The Bertz CT molecular complexity index is 771. The zero-order chi connectivity index (χ0) is 17.1. The number of para-hydroxylation sites is 1. The molecule has 4 nitrogen and oxygen atoms in total. The first-order chi connectivity index (χ1) is 11.6. The SMILES string of the molecule is O=C1Cc2ccccc2C(=O)N1CCCOc1c(Cl)cccc1Cl. The smallest absolute Gasteiger partial charge is 0.260 e. The van der Waals surface area contributed by atoms with Gasteiger partial charge in [0.25, 0.3) is 5.91 Å². The van der Waals surface area contributed by atoms with Gasteiger partial charge in [0.2, 0.25) is 5.91 Å². The zero-order valence-corrected chi connectivity index (χ0v) is 14.3. The summed E-state index contributed by atoms with van der Waals surface area (Å²) in [7, 11) is 0. The Morgan fingerprint density at radius 2 is 1.71 bits per heavy atom. The van der Waals surface area contributed by atoms with Crippen molar-refractivity contribution in [3.8, 4) is 5.75 Å². The summed E-state index contributed by atoms with van der Waals surface area (Å²) in [6.45, 7) is 0.607. The number of rotatable bonds is 5. The van der Waals surface area contributed by atoms with Crippen LogP contribution in [-0.2, 0) is 11.2 Å². The first kappa shape index (κ1) is 16.8. The van der Waals surface area contributed by atoms with Crippen LogP contribution in [0.5, 0.6) is 5.75 Å². The lowest BCUT2D eigenvalue weighted by molar-refractivity contribution is -0.128. The maximum absolute atomic E-state index is 12.4. The molecular formula is C18H15Cl2NO3. The lowest BCUT2D eigenvalue weighted by Gasteiger charge is -2.26. The standard InChI is InChI=1S/C18H15Cl2NO3/c19-14-7-3-8-15(20)17(14)24-10-4-9-21-16(22)11-12-5-1-2-6-13(12)18(21)23/h1-3,5-8H,4,9-11H2. The number of carbonyl (C=O) groups excluding carboxylic acids is 2. The number of amides is 2. The molecule has 2 amide bonds. The molecule has 3 rings (SSSR count). The maximum atomic E-state index is 12.4. The van der Waals surface area contributed by atoms with Gasteiger partial charge in [-0.2, -0.15) is 0 Å². The van der Waals surface area contributed by atoms with E-state index in [4.69, 9.17) is 27.9 Å². The summed E-state index contributed by atoms with van der Waals surface area (Å²) in [6, 6.07) is 12.3. The van der Waals surface area contributed by atoms with Crippen molar-refractivity contribution in [3.05, 3.63) is 63.6 Å². The molecule has 0 radical (unpaired) electrons. The number of fused-ring (bicyclic) bond motifs is 1. The molecule has 124 valence electrons. The molecule has 2 aromatic carbocycles. The minimum absolute atomic E-state index is 0.186. The van der Waals surface area contributed by atoms with Gasteiger partial charge in [-0.05, 0) is 30.2 Å². The summed E-state index contributed by atoms with van der Waals surface area (Å²) < 4.78 is 5.59. The molecule has 0 atom stereocenters. The third kappa shape index (κ3) is 3.40. The van der Waals surface area contributed by atoms with Crippen molar-refractivity contribution >= 4 is 35.0 Å². The minimum atomic E-state index is -0.252. The summed E-state index contributed by atoms with van der Waals surface area (Å²) in [4.78, 5) is 25.9. The van der Waals surface area contributed by atoms with Crippen molar-refractivity contribution in [1.29, 1.82) is 0 Å². The van der Waals surface area contributed by atoms with Crippen molar-refractivity contribution in [3.63, 3.8) is 0 Å². The Balaban J connectivity index is 1.59. The zero-order valence-electron chi connectivity index (χ0n) is 12.8. The Labute approximate surface area is 149 Å². The Kier molecular flexibility index (Phi) is 5.07. The summed E-state index contributed by atoms with van der Waals surface area (Å²) >= 11 is 12.1. The number of benzene rings is 2. The first-order valence-electron chi connectivity index (χ1n) is 7.57. The van der Waals surface area contributed by atoms with Crippen molar-refractivity contribution in [1.82, 2.24) is 4.90 Å². The van der Waals surface area contributed by atoms with Gasteiger partial charge in [-0.3, -0.25) is 14.5 Å². The third-order valence-electron chi connectivity index (χ3n) is 3.83.